The second-order valence-corrected chi connectivity index (χ2v) is 6.26. The molecular formula is C18H17FN4O2. The number of aliphatic hydroxyl groups excluding tert-OH is 1. The number of aromatic nitrogens is 3. The van der Waals surface area contributed by atoms with Gasteiger partial charge < -0.3 is 15.5 Å². The van der Waals surface area contributed by atoms with Crippen molar-refractivity contribution in [2.24, 2.45) is 0 Å². The number of anilines is 1. The van der Waals surface area contributed by atoms with Crippen molar-refractivity contribution in [3.8, 4) is 17.0 Å². The molecule has 2 heterocycles. The summed E-state index contributed by atoms with van der Waals surface area (Å²) >= 11 is 0. The third-order valence-corrected chi connectivity index (χ3v) is 4.56. The first kappa shape index (κ1) is 15.7. The van der Waals surface area contributed by atoms with Crippen molar-refractivity contribution >= 4 is 16.6 Å². The fourth-order valence-electron chi connectivity index (χ4n) is 3.32. The Kier molecular flexibility index (Phi) is 3.93. The van der Waals surface area contributed by atoms with Crippen molar-refractivity contribution in [2.75, 3.05) is 5.32 Å². The molecule has 1 fully saturated rings. The Morgan fingerprint density at radius 1 is 1.12 bits per heavy atom. The summed E-state index contributed by atoms with van der Waals surface area (Å²) in [5.41, 5.74) is 0.256. The molecule has 25 heavy (non-hydrogen) atoms. The minimum absolute atomic E-state index is 0.0100. The van der Waals surface area contributed by atoms with Crippen LogP contribution in [0.25, 0.3) is 22.0 Å². The van der Waals surface area contributed by atoms with Crippen molar-refractivity contribution < 1.29 is 14.6 Å². The summed E-state index contributed by atoms with van der Waals surface area (Å²) in [4.78, 5) is 4.10. The maximum Gasteiger partial charge on any atom is 0.156 e. The fourth-order valence-corrected chi connectivity index (χ4v) is 3.32. The van der Waals surface area contributed by atoms with Crippen molar-refractivity contribution in [1.29, 1.82) is 0 Å². The second kappa shape index (κ2) is 6.25. The van der Waals surface area contributed by atoms with Gasteiger partial charge in [-0.05, 0) is 37.5 Å². The van der Waals surface area contributed by atoms with E-state index >= 15 is 0 Å². The lowest BCUT2D eigenvalue weighted by atomic mass is 10.0. The van der Waals surface area contributed by atoms with Crippen LogP contribution in [0.3, 0.4) is 0 Å². The lowest BCUT2D eigenvalue weighted by Gasteiger charge is -2.15. The SMILES string of the molecule is Oc1cccc(F)c1-c1nnc(N[C@H]2CC[C@H](O)C2)c2ccncc12. The zero-order valence-corrected chi connectivity index (χ0v) is 13.4. The number of hydrogen-bond donors (Lipinski definition) is 3. The molecule has 0 amide bonds. The molecule has 2 aromatic heterocycles. The molecule has 3 aromatic rings. The van der Waals surface area contributed by atoms with E-state index in [2.05, 4.69) is 20.5 Å². The molecule has 1 aliphatic rings. The highest BCUT2D eigenvalue weighted by molar-refractivity contribution is 6.00. The highest BCUT2D eigenvalue weighted by atomic mass is 19.1. The van der Waals surface area contributed by atoms with Crippen LogP contribution in [0.4, 0.5) is 10.2 Å². The van der Waals surface area contributed by atoms with E-state index in [1.165, 1.54) is 18.2 Å². The van der Waals surface area contributed by atoms with Crippen LogP contribution in [0.1, 0.15) is 19.3 Å². The van der Waals surface area contributed by atoms with Crippen LogP contribution in [-0.2, 0) is 0 Å². The predicted molar refractivity (Wildman–Crippen MR) is 91.7 cm³/mol. The smallest absolute Gasteiger partial charge is 0.156 e. The molecule has 0 aliphatic heterocycles. The number of phenols is 1. The van der Waals surface area contributed by atoms with Gasteiger partial charge in [-0.2, -0.15) is 0 Å². The van der Waals surface area contributed by atoms with Gasteiger partial charge in [0, 0.05) is 29.2 Å². The van der Waals surface area contributed by atoms with Gasteiger partial charge in [-0.1, -0.05) is 6.07 Å². The second-order valence-electron chi connectivity index (χ2n) is 6.26. The molecule has 0 saturated heterocycles. The number of halogens is 1. The molecule has 0 radical (unpaired) electrons. The van der Waals surface area contributed by atoms with E-state index < -0.39 is 5.82 Å². The summed E-state index contributed by atoms with van der Waals surface area (Å²) in [6.07, 6.45) is 5.18. The van der Waals surface area contributed by atoms with E-state index in [0.717, 1.165) is 18.2 Å². The molecule has 4 rings (SSSR count). The van der Waals surface area contributed by atoms with Crippen molar-refractivity contribution in [3.63, 3.8) is 0 Å². The van der Waals surface area contributed by atoms with Gasteiger partial charge in [-0.3, -0.25) is 4.98 Å². The van der Waals surface area contributed by atoms with Gasteiger partial charge in [0.1, 0.15) is 17.3 Å². The number of nitrogens with one attached hydrogen (secondary N) is 1. The quantitative estimate of drug-likeness (QED) is 0.679. The summed E-state index contributed by atoms with van der Waals surface area (Å²) in [6.45, 7) is 0. The number of hydrogen-bond acceptors (Lipinski definition) is 6. The Morgan fingerprint density at radius 2 is 2.00 bits per heavy atom. The molecule has 0 spiro atoms. The van der Waals surface area contributed by atoms with Gasteiger partial charge in [0.25, 0.3) is 0 Å². The summed E-state index contributed by atoms with van der Waals surface area (Å²) in [5, 5.41) is 32.7. The van der Waals surface area contributed by atoms with Crippen LogP contribution in [0.15, 0.2) is 36.7 Å². The van der Waals surface area contributed by atoms with Gasteiger partial charge in [0.15, 0.2) is 5.82 Å². The first-order chi connectivity index (χ1) is 12.1. The van der Waals surface area contributed by atoms with E-state index in [9.17, 15) is 14.6 Å². The van der Waals surface area contributed by atoms with Crippen LogP contribution >= 0.6 is 0 Å². The summed E-state index contributed by atoms with van der Waals surface area (Å²) in [7, 11) is 0. The average molecular weight is 340 g/mol. The number of fused-ring (bicyclic) bond motifs is 1. The lowest BCUT2D eigenvalue weighted by Crippen LogP contribution is -2.18. The van der Waals surface area contributed by atoms with Crippen LogP contribution in [0.2, 0.25) is 0 Å². The zero-order chi connectivity index (χ0) is 17.4. The average Bonchev–Trinajstić information content (AvgIpc) is 3.01. The number of pyridine rings is 1. The maximum atomic E-state index is 14.2. The number of aliphatic hydroxyl groups is 1. The Balaban J connectivity index is 1.82. The fraction of sp³-hybridized carbons (Fsp3) is 0.278. The van der Waals surface area contributed by atoms with Gasteiger partial charge in [-0.25, -0.2) is 4.39 Å². The standard InChI is InChI=1S/C18H17FN4O2/c19-14-2-1-3-15(25)16(14)17-13-9-20-7-6-12(13)18(23-22-17)21-10-4-5-11(24)8-10/h1-3,6-7,9-11,24-25H,4-5,8H2,(H,21,23)/t10-,11-/m0/s1. The van der Waals surface area contributed by atoms with E-state index in [-0.39, 0.29) is 29.2 Å². The van der Waals surface area contributed by atoms with Gasteiger partial charge in [-0.15, -0.1) is 10.2 Å². The van der Waals surface area contributed by atoms with E-state index in [1.807, 2.05) is 0 Å². The van der Waals surface area contributed by atoms with Gasteiger partial charge >= 0.3 is 0 Å². The van der Waals surface area contributed by atoms with Crippen LogP contribution < -0.4 is 5.32 Å². The van der Waals surface area contributed by atoms with Gasteiger partial charge in [0.2, 0.25) is 0 Å². The first-order valence-electron chi connectivity index (χ1n) is 8.16. The third-order valence-electron chi connectivity index (χ3n) is 4.56. The van der Waals surface area contributed by atoms with Gasteiger partial charge in [0.05, 0.1) is 11.7 Å². The maximum absolute atomic E-state index is 14.2. The Labute approximate surface area is 143 Å². The molecule has 0 bridgehead atoms. The summed E-state index contributed by atoms with van der Waals surface area (Å²) < 4.78 is 14.2. The zero-order valence-electron chi connectivity index (χ0n) is 13.4. The van der Waals surface area contributed by atoms with Crippen LogP contribution in [0.5, 0.6) is 5.75 Å². The van der Waals surface area contributed by atoms with Crippen LogP contribution in [-0.4, -0.2) is 37.5 Å². The molecular weight excluding hydrogens is 323 g/mol. The normalized spacial score (nSPS) is 20.1. The van der Waals surface area contributed by atoms with Crippen molar-refractivity contribution in [3.05, 3.63) is 42.5 Å². The third kappa shape index (κ3) is 2.87. The van der Waals surface area contributed by atoms with Crippen molar-refractivity contribution in [2.45, 2.75) is 31.4 Å². The molecule has 1 aromatic carbocycles. The largest absolute Gasteiger partial charge is 0.507 e. The number of phenolic OH excluding ortho intramolecular Hbond substituents is 1. The number of rotatable bonds is 3. The minimum Gasteiger partial charge on any atom is -0.507 e. The van der Waals surface area contributed by atoms with E-state index in [0.29, 0.717) is 17.6 Å². The topological polar surface area (TPSA) is 91.2 Å². The first-order valence-corrected chi connectivity index (χ1v) is 8.16. The molecule has 0 unspecified atom stereocenters. The van der Waals surface area contributed by atoms with E-state index in [4.69, 9.17) is 0 Å². The Bertz CT molecular complexity index is 914. The Morgan fingerprint density at radius 3 is 2.76 bits per heavy atom. The number of benzene rings is 1. The molecule has 1 aliphatic carbocycles. The lowest BCUT2D eigenvalue weighted by molar-refractivity contribution is 0.182. The highest BCUT2D eigenvalue weighted by Gasteiger charge is 2.24. The van der Waals surface area contributed by atoms with Crippen molar-refractivity contribution in [1.82, 2.24) is 15.2 Å². The minimum atomic E-state index is -0.570. The predicted octanol–water partition coefficient (Wildman–Crippen LogP) is 2.86. The molecule has 128 valence electrons. The summed E-state index contributed by atoms with van der Waals surface area (Å²) in [5.74, 6) is -0.200. The highest BCUT2D eigenvalue weighted by Crippen LogP contribution is 2.36. The molecule has 2 atom stereocenters. The van der Waals surface area contributed by atoms with E-state index in [1.54, 1.807) is 18.5 Å². The number of aromatic hydroxyl groups is 1. The number of nitrogens with zero attached hydrogens (tertiary/aromatic N) is 3. The Hall–Kier alpha value is -2.80. The molecule has 6 nitrogen and oxygen atoms in total. The molecule has 7 heteroatoms. The monoisotopic (exact) mass is 340 g/mol. The summed E-state index contributed by atoms with van der Waals surface area (Å²) in [6, 6.07) is 6.01. The molecule has 1 saturated carbocycles. The molecule has 3 N–H and O–H groups in total. The van der Waals surface area contributed by atoms with Crippen LogP contribution in [0, 0.1) is 5.82 Å².